The highest BCUT2D eigenvalue weighted by Gasteiger charge is 2.18. The molecule has 0 aliphatic heterocycles. The van der Waals surface area contributed by atoms with E-state index in [1.165, 1.54) is 20.2 Å². The second-order valence-electron chi connectivity index (χ2n) is 5.95. The molecule has 25 heavy (non-hydrogen) atoms. The fraction of sp³-hybridized carbons (Fsp3) is 0.278. The van der Waals surface area contributed by atoms with Gasteiger partial charge in [-0.3, -0.25) is 9.10 Å². The van der Waals surface area contributed by atoms with Gasteiger partial charge in [-0.1, -0.05) is 6.07 Å². The smallest absolute Gasteiger partial charge is 0.259 e. The summed E-state index contributed by atoms with van der Waals surface area (Å²) < 4.78 is 29.8. The van der Waals surface area contributed by atoms with E-state index < -0.39 is 10.0 Å². The van der Waals surface area contributed by atoms with Gasteiger partial charge in [0, 0.05) is 12.7 Å². The maximum absolute atomic E-state index is 12.7. The summed E-state index contributed by atoms with van der Waals surface area (Å²) in [6.07, 6.45) is 1.10. The molecule has 0 saturated heterocycles. The highest BCUT2D eigenvalue weighted by atomic mass is 32.2. The van der Waals surface area contributed by atoms with E-state index in [1.807, 2.05) is 32.0 Å². The zero-order valence-corrected chi connectivity index (χ0v) is 15.8. The third kappa shape index (κ3) is 4.51. The summed E-state index contributed by atoms with van der Waals surface area (Å²) in [5.41, 5.74) is 3.38. The molecule has 0 aliphatic rings. The Balaban J connectivity index is 2.40. The van der Waals surface area contributed by atoms with Crippen LogP contribution in [0.2, 0.25) is 0 Å². The lowest BCUT2D eigenvalue weighted by Crippen LogP contribution is -2.25. The van der Waals surface area contributed by atoms with Crippen molar-refractivity contribution in [2.24, 2.45) is 0 Å². The lowest BCUT2D eigenvalue weighted by atomic mass is 10.1. The Morgan fingerprint density at radius 1 is 1.08 bits per heavy atom. The van der Waals surface area contributed by atoms with Gasteiger partial charge in [-0.05, 0) is 55.3 Å². The fourth-order valence-corrected chi connectivity index (χ4v) is 3.00. The maximum atomic E-state index is 12.7. The molecule has 0 bridgehead atoms. The largest absolute Gasteiger partial charge is 0.496 e. The van der Waals surface area contributed by atoms with E-state index in [9.17, 15) is 13.2 Å². The van der Waals surface area contributed by atoms with E-state index in [2.05, 4.69) is 5.32 Å². The Bertz CT molecular complexity index is 887. The molecule has 0 spiro atoms. The van der Waals surface area contributed by atoms with Gasteiger partial charge in [-0.25, -0.2) is 8.42 Å². The number of sulfonamides is 1. The van der Waals surface area contributed by atoms with E-state index >= 15 is 0 Å². The summed E-state index contributed by atoms with van der Waals surface area (Å²) in [5.74, 6) is -0.00173. The van der Waals surface area contributed by atoms with Gasteiger partial charge in [0.1, 0.15) is 5.75 Å². The number of anilines is 2. The first-order valence-electron chi connectivity index (χ1n) is 7.63. The molecular weight excluding hydrogens is 340 g/mol. The average Bonchev–Trinajstić information content (AvgIpc) is 2.51. The van der Waals surface area contributed by atoms with Crippen molar-refractivity contribution in [1.82, 2.24) is 0 Å². The normalized spacial score (nSPS) is 11.1. The van der Waals surface area contributed by atoms with Gasteiger partial charge < -0.3 is 10.1 Å². The monoisotopic (exact) mass is 362 g/mol. The molecule has 0 heterocycles. The number of ether oxygens (including phenoxy) is 1. The first kappa shape index (κ1) is 18.8. The number of hydrogen-bond acceptors (Lipinski definition) is 4. The minimum Gasteiger partial charge on any atom is -0.496 e. The predicted octanol–water partition coefficient (Wildman–Crippen LogP) is 2.96. The van der Waals surface area contributed by atoms with Crippen LogP contribution in [0, 0.1) is 13.8 Å². The average molecular weight is 362 g/mol. The van der Waals surface area contributed by atoms with Gasteiger partial charge in [0.25, 0.3) is 5.91 Å². The lowest BCUT2D eigenvalue weighted by Gasteiger charge is -2.18. The number of methoxy groups -OCH3 is 1. The van der Waals surface area contributed by atoms with E-state index in [-0.39, 0.29) is 11.5 Å². The first-order valence-corrected chi connectivity index (χ1v) is 9.48. The molecule has 2 aromatic carbocycles. The van der Waals surface area contributed by atoms with Gasteiger partial charge in [-0.15, -0.1) is 0 Å². The summed E-state index contributed by atoms with van der Waals surface area (Å²) in [7, 11) is -0.533. The van der Waals surface area contributed by atoms with Gasteiger partial charge in [0.05, 0.1) is 24.6 Å². The number of hydrogen-bond donors (Lipinski definition) is 1. The van der Waals surface area contributed by atoms with Crippen LogP contribution in [-0.4, -0.2) is 34.7 Å². The molecule has 7 heteroatoms. The number of rotatable bonds is 5. The molecule has 2 aromatic rings. The van der Waals surface area contributed by atoms with Crippen molar-refractivity contribution in [3.05, 3.63) is 53.1 Å². The minimum atomic E-state index is -3.43. The second kappa shape index (κ2) is 7.14. The number of aryl methyl sites for hydroxylation is 2. The van der Waals surface area contributed by atoms with Crippen molar-refractivity contribution in [3.8, 4) is 5.75 Å². The minimum absolute atomic E-state index is 0.259. The van der Waals surface area contributed by atoms with Gasteiger partial charge in [-0.2, -0.15) is 0 Å². The van der Waals surface area contributed by atoms with Crippen molar-refractivity contribution in [2.75, 3.05) is 30.0 Å². The summed E-state index contributed by atoms with van der Waals surface area (Å²) in [4.78, 5) is 12.7. The Labute approximate surface area is 148 Å². The maximum Gasteiger partial charge on any atom is 0.259 e. The number of carbonyl (C=O) groups excluding carboxylic acids is 1. The second-order valence-corrected chi connectivity index (χ2v) is 7.96. The molecule has 0 unspecified atom stereocenters. The van der Waals surface area contributed by atoms with Gasteiger partial charge >= 0.3 is 0 Å². The number of benzene rings is 2. The third-order valence-electron chi connectivity index (χ3n) is 3.77. The van der Waals surface area contributed by atoms with Crippen LogP contribution in [-0.2, 0) is 10.0 Å². The van der Waals surface area contributed by atoms with Crippen LogP contribution >= 0.6 is 0 Å². The van der Waals surface area contributed by atoms with E-state index in [0.717, 1.165) is 21.7 Å². The van der Waals surface area contributed by atoms with E-state index in [0.29, 0.717) is 17.1 Å². The lowest BCUT2D eigenvalue weighted by molar-refractivity contribution is 0.102. The summed E-state index contributed by atoms with van der Waals surface area (Å²) in [6.45, 7) is 3.90. The molecule has 0 aliphatic carbocycles. The zero-order valence-electron chi connectivity index (χ0n) is 15.0. The number of carbonyl (C=O) groups is 1. The number of amides is 1. The Morgan fingerprint density at radius 3 is 2.20 bits per heavy atom. The Morgan fingerprint density at radius 2 is 1.68 bits per heavy atom. The van der Waals surface area contributed by atoms with Crippen LogP contribution in [0.3, 0.4) is 0 Å². The summed E-state index contributed by atoms with van der Waals surface area (Å²) >= 11 is 0. The van der Waals surface area contributed by atoms with Crippen LogP contribution < -0.4 is 14.4 Å². The topological polar surface area (TPSA) is 75.7 Å². The highest BCUT2D eigenvalue weighted by molar-refractivity contribution is 7.92. The predicted molar refractivity (Wildman–Crippen MR) is 100 cm³/mol. The van der Waals surface area contributed by atoms with Crippen LogP contribution in [0.15, 0.2) is 36.4 Å². The van der Waals surface area contributed by atoms with Crippen LogP contribution in [0.25, 0.3) is 0 Å². The van der Waals surface area contributed by atoms with Crippen molar-refractivity contribution < 1.29 is 17.9 Å². The van der Waals surface area contributed by atoms with Crippen LogP contribution in [0.1, 0.15) is 21.5 Å². The SMILES string of the molecule is COc1ccc(N(C)S(C)(=O)=O)cc1C(=O)Nc1cc(C)cc(C)c1. The molecule has 0 aromatic heterocycles. The standard InChI is InChI=1S/C18H22N2O4S/c1-12-8-13(2)10-14(9-12)19-18(21)16-11-15(6-7-17(16)24-4)20(3)25(5,22)23/h6-11H,1-5H3,(H,19,21). The van der Waals surface area contributed by atoms with Crippen LogP contribution in [0.4, 0.5) is 11.4 Å². The van der Waals surface area contributed by atoms with Crippen molar-refractivity contribution in [1.29, 1.82) is 0 Å². The molecule has 1 N–H and O–H groups in total. The van der Waals surface area contributed by atoms with Crippen LogP contribution in [0.5, 0.6) is 5.75 Å². The molecule has 134 valence electrons. The highest BCUT2D eigenvalue weighted by Crippen LogP contribution is 2.27. The number of nitrogens with zero attached hydrogens (tertiary/aromatic N) is 1. The molecule has 2 rings (SSSR count). The van der Waals surface area contributed by atoms with Crippen molar-refractivity contribution >= 4 is 27.3 Å². The quantitative estimate of drug-likeness (QED) is 0.887. The Hall–Kier alpha value is -2.54. The molecule has 6 nitrogen and oxygen atoms in total. The van der Waals surface area contributed by atoms with Crippen molar-refractivity contribution in [2.45, 2.75) is 13.8 Å². The molecule has 0 radical (unpaired) electrons. The summed E-state index contributed by atoms with van der Waals surface area (Å²) in [5, 5.41) is 2.83. The molecule has 1 amide bonds. The molecule has 0 atom stereocenters. The zero-order chi connectivity index (χ0) is 18.8. The molecule has 0 fully saturated rings. The molecule has 0 saturated carbocycles. The van der Waals surface area contributed by atoms with E-state index in [1.54, 1.807) is 12.1 Å². The third-order valence-corrected chi connectivity index (χ3v) is 4.97. The van der Waals surface area contributed by atoms with Crippen molar-refractivity contribution in [3.63, 3.8) is 0 Å². The number of nitrogens with one attached hydrogen (secondary N) is 1. The molecular formula is C18H22N2O4S. The fourth-order valence-electron chi connectivity index (χ4n) is 2.51. The van der Waals surface area contributed by atoms with Gasteiger partial charge in [0.15, 0.2) is 0 Å². The van der Waals surface area contributed by atoms with Gasteiger partial charge in [0.2, 0.25) is 10.0 Å². The summed E-state index contributed by atoms with van der Waals surface area (Å²) in [6, 6.07) is 10.4. The first-order chi connectivity index (χ1) is 11.6. The Kier molecular flexibility index (Phi) is 5.37. The van der Waals surface area contributed by atoms with E-state index in [4.69, 9.17) is 4.74 Å².